The third-order valence-corrected chi connectivity index (χ3v) is 4.15. The summed E-state index contributed by atoms with van der Waals surface area (Å²) in [5.74, 6) is 0.307. The minimum atomic E-state index is -0.381. The van der Waals surface area contributed by atoms with Crippen molar-refractivity contribution in [3.05, 3.63) is 41.7 Å². The number of carbonyl (C=O) groups excluding carboxylic acids is 1. The van der Waals surface area contributed by atoms with Gasteiger partial charge in [-0.25, -0.2) is 0 Å². The molecule has 2 rings (SSSR count). The number of aryl methyl sites for hydroxylation is 1. The molecule has 22 heavy (non-hydrogen) atoms. The number of nitrogens with zero attached hydrogens (tertiary/aromatic N) is 1. The lowest BCUT2D eigenvalue weighted by molar-refractivity contribution is 0.0941. The highest BCUT2D eigenvalue weighted by molar-refractivity contribution is 6.00. The van der Waals surface area contributed by atoms with Crippen molar-refractivity contribution in [2.75, 3.05) is 6.54 Å². The van der Waals surface area contributed by atoms with Crippen LogP contribution in [-0.4, -0.2) is 23.1 Å². The van der Waals surface area contributed by atoms with E-state index in [4.69, 9.17) is 10.3 Å². The fraction of sp³-hybridized carbons (Fsp3) is 0.412. The molecular weight excluding hydrogens is 278 g/mol. The quantitative estimate of drug-likeness (QED) is 0.859. The maximum Gasteiger partial charge on any atom is 0.257 e. The van der Waals surface area contributed by atoms with E-state index in [1.54, 1.807) is 6.92 Å². The maximum absolute atomic E-state index is 12.5. The first kappa shape index (κ1) is 16.2. The third-order valence-electron chi connectivity index (χ3n) is 4.15. The largest absolute Gasteiger partial charge is 0.360 e. The zero-order chi connectivity index (χ0) is 16.2. The van der Waals surface area contributed by atoms with E-state index < -0.39 is 0 Å². The lowest BCUT2D eigenvalue weighted by Crippen LogP contribution is -2.49. The number of rotatable bonds is 6. The second kappa shape index (κ2) is 6.75. The van der Waals surface area contributed by atoms with Crippen molar-refractivity contribution in [1.29, 1.82) is 0 Å². The van der Waals surface area contributed by atoms with E-state index in [-0.39, 0.29) is 11.4 Å². The molecule has 0 unspecified atom stereocenters. The Morgan fingerprint density at radius 2 is 1.91 bits per heavy atom. The summed E-state index contributed by atoms with van der Waals surface area (Å²) >= 11 is 0. The molecule has 0 saturated heterocycles. The van der Waals surface area contributed by atoms with Crippen LogP contribution in [-0.2, 0) is 0 Å². The fourth-order valence-corrected chi connectivity index (χ4v) is 2.28. The van der Waals surface area contributed by atoms with Crippen LogP contribution in [0.25, 0.3) is 11.3 Å². The average molecular weight is 301 g/mol. The van der Waals surface area contributed by atoms with Crippen LogP contribution in [0.2, 0.25) is 0 Å². The van der Waals surface area contributed by atoms with Crippen molar-refractivity contribution in [2.45, 2.75) is 39.2 Å². The Bertz CT molecular complexity index is 631. The van der Waals surface area contributed by atoms with E-state index >= 15 is 0 Å². The molecular formula is C17H23N3O2. The first-order chi connectivity index (χ1) is 10.5. The zero-order valence-corrected chi connectivity index (χ0v) is 13.3. The van der Waals surface area contributed by atoms with Crippen molar-refractivity contribution < 1.29 is 9.32 Å². The predicted octanol–water partition coefficient (Wildman–Crippen LogP) is 2.90. The topological polar surface area (TPSA) is 81.1 Å². The molecule has 1 amide bonds. The molecule has 0 saturated carbocycles. The number of benzene rings is 1. The molecule has 0 spiro atoms. The van der Waals surface area contributed by atoms with Gasteiger partial charge in [-0.1, -0.05) is 49.3 Å². The smallest absolute Gasteiger partial charge is 0.257 e. The van der Waals surface area contributed by atoms with Gasteiger partial charge in [-0.2, -0.15) is 0 Å². The molecule has 0 bridgehead atoms. The van der Waals surface area contributed by atoms with E-state index in [2.05, 4.69) is 10.5 Å². The van der Waals surface area contributed by atoms with Gasteiger partial charge in [0.05, 0.1) is 0 Å². The molecule has 5 heteroatoms. The van der Waals surface area contributed by atoms with Crippen LogP contribution in [0.1, 0.15) is 42.8 Å². The Kier molecular flexibility index (Phi) is 4.98. The van der Waals surface area contributed by atoms with Gasteiger partial charge in [-0.15, -0.1) is 0 Å². The summed E-state index contributed by atoms with van der Waals surface area (Å²) in [7, 11) is 0. The Balaban J connectivity index is 2.22. The van der Waals surface area contributed by atoms with Gasteiger partial charge in [0.1, 0.15) is 17.0 Å². The lowest BCUT2D eigenvalue weighted by Gasteiger charge is -2.26. The Morgan fingerprint density at radius 3 is 2.50 bits per heavy atom. The fourth-order valence-electron chi connectivity index (χ4n) is 2.28. The molecule has 2 aromatic rings. The summed E-state index contributed by atoms with van der Waals surface area (Å²) in [5, 5.41) is 6.94. The molecule has 0 aliphatic heterocycles. The van der Waals surface area contributed by atoms with Crippen molar-refractivity contribution in [3.63, 3.8) is 0 Å². The molecule has 3 N–H and O–H groups in total. The minimum Gasteiger partial charge on any atom is -0.360 e. The number of hydrogen-bond donors (Lipinski definition) is 2. The number of amides is 1. The first-order valence-corrected chi connectivity index (χ1v) is 7.59. The highest BCUT2D eigenvalue weighted by Crippen LogP contribution is 2.25. The molecule has 0 aliphatic carbocycles. The molecule has 0 atom stereocenters. The van der Waals surface area contributed by atoms with Crippen LogP contribution in [0.5, 0.6) is 0 Å². The van der Waals surface area contributed by atoms with Gasteiger partial charge in [-0.3, -0.25) is 4.79 Å². The van der Waals surface area contributed by atoms with Crippen LogP contribution in [0.4, 0.5) is 0 Å². The minimum absolute atomic E-state index is 0.200. The predicted molar refractivity (Wildman–Crippen MR) is 86.5 cm³/mol. The molecule has 1 heterocycles. The molecule has 5 nitrogen and oxygen atoms in total. The number of nitrogens with one attached hydrogen (secondary N) is 1. The number of hydrogen-bond acceptors (Lipinski definition) is 4. The molecule has 0 fully saturated rings. The summed E-state index contributed by atoms with van der Waals surface area (Å²) in [6.07, 6.45) is 1.61. The monoisotopic (exact) mass is 301 g/mol. The lowest BCUT2D eigenvalue weighted by atomic mass is 9.94. The molecule has 0 radical (unpaired) electrons. The van der Waals surface area contributed by atoms with Gasteiger partial charge in [0.15, 0.2) is 0 Å². The number of aromatic nitrogens is 1. The van der Waals surface area contributed by atoms with E-state index in [0.29, 0.717) is 23.6 Å². The Morgan fingerprint density at radius 1 is 1.27 bits per heavy atom. The molecule has 1 aromatic carbocycles. The Labute approximate surface area is 130 Å². The van der Waals surface area contributed by atoms with Gasteiger partial charge in [0.2, 0.25) is 0 Å². The normalized spacial score (nSPS) is 11.5. The van der Waals surface area contributed by atoms with Gasteiger partial charge in [-0.05, 0) is 19.8 Å². The van der Waals surface area contributed by atoms with E-state index in [0.717, 1.165) is 18.4 Å². The van der Waals surface area contributed by atoms with Crippen molar-refractivity contribution in [1.82, 2.24) is 10.5 Å². The summed E-state index contributed by atoms with van der Waals surface area (Å²) in [6.45, 7) is 6.22. The summed E-state index contributed by atoms with van der Waals surface area (Å²) in [6, 6.07) is 9.53. The summed E-state index contributed by atoms with van der Waals surface area (Å²) < 4.78 is 5.21. The average Bonchev–Trinajstić information content (AvgIpc) is 2.95. The van der Waals surface area contributed by atoms with Crippen molar-refractivity contribution >= 4 is 5.91 Å². The maximum atomic E-state index is 12.5. The molecule has 0 aliphatic rings. The van der Waals surface area contributed by atoms with Gasteiger partial charge >= 0.3 is 0 Å². The van der Waals surface area contributed by atoms with Crippen LogP contribution < -0.4 is 11.1 Å². The SMILES string of the molecule is CCC(N)(CC)CNC(=O)c1c(-c2ccccc2)noc1C. The van der Waals surface area contributed by atoms with E-state index in [9.17, 15) is 4.79 Å². The van der Waals surface area contributed by atoms with Gasteiger partial charge in [0.25, 0.3) is 5.91 Å². The first-order valence-electron chi connectivity index (χ1n) is 7.59. The zero-order valence-electron chi connectivity index (χ0n) is 13.3. The Hall–Kier alpha value is -2.14. The third kappa shape index (κ3) is 3.36. The van der Waals surface area contributed by atoms with E-state index in [1.165, 1.54) is 0 Å². The highest BCUT2D eigenvalue weighted by Gasteiger charge is 2.25. The van der Waals surface area contributed by atoms with Crippen LogP contribution in [0, 0.1) is 6.92 Å². The number of carbonyl (C=O) groups is 1. The second-order valence-corrected chi connectivity index (χ2v) is 5.58. The summed E-state index contributed by atoms with van der Waals surface area (Å²) in [5.41, 5.74) is 7.74. The van der Waals surface area contributed by atoms with Crippen LogP contribution in [0.3, 0.4) is 0 Å². The standard InChI is InChI=1S/C17H23N3O2/c1-4-17(18,5-2)11-19-16(21)14-12(3)22-20-15(14)13-9-7-6-8-10-13/h6-10H,4-5,11,18H2,1-3H3,(H,19,21). The second-order valence-electron chi connectivity index (χ2n) is 5.58. The van der Waals surface area contributed by atoms with Gasteiger partial charge < -0.3 is 15.6 Å². The van der Waals surface area contributed by atoms with Crippen LogP contribution in [0.15, 0.2) is 34.9 Å². The van der Waals surface area contributed by atoms with Crippen molar-refractivity contribution in [2.24, 2.45) is 5.73 Å². The molecule has 118 valence electrons. The van der Waals surface area contributed by atoms with Crippen molar-refractivity contribution in [3.8, 4) is 11.3 Å². The highest BCUT2D eigenvalue weighted by atomic mass is 16.5. The van der Waals surface area contributed by atoms with E-state index in [1.807, 2.05) is 44.2 Å². The van der Waals surface area contributed by atoms with Crippen LogP contribution >= 0.6 is 0 Å². The summed E-state index contributed by atoms with van der Waals surface area (Å²) in [4.78, 5) is 12.5. The number of nitrogens with two attached hydrogens (primary N) is 1. The van der Waals surface area contributed by atoms with Gasteiger partial charge in [0, 0.05) is 17.6 Å². The molecule has 1 aromatic heterocycles.